The number of aromatic nitrogens is 6. The van der Waals surface area contributed by atoms with Gasteiger partial charge < -0.3 is 0 Å². The second kappa shape index (κ2) is 4.42. The highest BCUT2D eigenvalue weighted by atomic mass is 79.9. The molecule has 0 saturated carbocycles. The predicted octanol–water partition coefficient (Wildman–Crippen LogP) is 0.340. The average Bonchev–Trinajstić information content (AvgIpc) is 2.65. The summed E-state index contributed by atoms with van der Waals surface area (Å²) in [6.45, 7) is 0.193. The van der Waals surface area contributed by atoms with Gasteiger partial charge in [0.2, 0.25) is 0 Å². The predicted molar refractivity (Wildman–Crippen MR) is 61.8 cm³/mol. The topological polar surface area (TPSA) is 78.5 Å². The molecule has 84 valence electrons. The Balaban J connectivity index is 2.36. The Bertz CT molecular complexity index is 576. The van der Waals surface area contributed by atoms with E-state index in [1.54, 1.807) is 7.05 Å². The summed E-state index contributed by atoms with van der Waals surface area (Å²) in [6, 6.07) is 0. The summed E-state index contributed by atoms with van der Waals surface area (Å²) in [5.41, 5.74) is -0.248. The highest BCUT2D eigenvalue weighted by molar-refractivity contribution is 9.13. The summed E-state index contributed by atoms with van der Waals surface area (Å²) in [6.07, 6.45) is 1.53. The SMILES string of the molecule is Cn1nnc(Cn2ncc(Br)c(Br)c2=O)n1. The molecule has 2 heterocycles. The molecule has 7 nitrogen and oxygen atoms in total. The Morgan fingerprint density at radius 3 is 2.81 bits per heavy atom. The number of rotatable bonds is 2. The minimum atomic E-state index is -0.248. The first-order chi connectivity index (χ1) is 7.58. The van der Waals surface area contributed by atoms with Crippen LogP contribution in [0.25, 0.3) is 0 Å². The van der Waals surface area contributed by atoms with E-state index in [1.165, 1.54) is 15.7 Å². The standard InChI is InChI=1S/C7H6Br2N6O/c1-14-12-5(11-13-14)3-15-7(16)6(9)4(8)2-10-15/h2H,3H2,1H3. The summed E-state index contributed by atoms with van der Waals surface area (Å²) in [7, 11) is 1.66. The summed E-state index contributed by atoms with van der Waals surface area (Å²) in [5.74, 6) is 0.436. The van der Waals surface area contributed by atoms with E-state index in [9.17, 15) is 4.79 Å². The third kappa shape index (κ3) is 2.19. The first-order valence-electron chi connectivity index (χ1n) is 4.22. The van der Waals surface area contributed by atoms with Gasteiger partial charge in [0.1, 0.15) is 11.0 Å². The van der Waals surface area contributed by atoms with Crippen LogP contribution in [-0.2, 0) is 13.6 Å². The number of hydrogen-bond acceptors (Lipinski definition) is 5. The van der Waals surface area contributed by atoms with E-state index in [0.717, 1.165) is 0 Å². The lowest BCUT2D eigenvalue weighted by atomic mass is 10.5. The quantitative estimate of drug-likeness (QED) is 0.781. The van der Waals surface area contributed by atoms with Gasteiger partial charge in [-0.2, -0.15) is 9.90 Å². The number of halogens is 2. The minimum absolute atomic E-state index is 0.193. The first-order valence-corrected chi connectivity index (χ1v) is 5.80. The van der Waals surface area contributed by atoms with Crippen molar-refractivity contribution in [3.05, 3.63) is 31.3 Å². The van der Waals surface area contributed by atoms with Crippen LogP contribution in [0.2, 0.25) is 0 Å². The van der Waals surface area contributed by atoms with Crippen molar-refractivity contribution < 1.29 is 0 Å². The Morgan fingerprint density at radius 1 is 1.44 bits per heavy atom. The Kier molecular flexibility index (Phi) is 3.15. The smallest absolute Gasteiger partial charge is 0.266 e. The van der Waals surface area contributed by atoms with Gasteiger partial charge in [-0.3, -0.25) is 4.79 Å². The Hall–Kier alpha value is -1.09. The van der Waals surface area contributed by atoms with Crippen LogP contribution >= 0.6 is 31.9 Å². The Labute approximate surface area is 107 Å². The van der Waals surface area contributed by atoms with Crippen molar-refractivity contribution in [2.24, 2.45) is 7.05 Å². The molecule has 0 aliphatic rings. The summed E-state index contributed by atoms with van der Waals surface area (Å²) >= 11 is 6.37. The van der Waals surface area contributed by atoms with Crippen LogP contribution in [0, 0.1) is 0 Å². The fourth-order valence-electron chi connectivity index (χ4n) is 1.08. The van der Waals surface area contributed by atoms with Crippen molar-refractivity contribution in [1.29, 1.82) is 0 Å². The van der Waals surface area contributed by atoms with E-state index in [-0.39, 0.29) is 12.1 Å². The zero-order chi connectivity index (χ0) is 11.7. The lowest BCUT2D eigenvalue weighted by Crippen LogP contribution is -2.24. The van der Waals surface area contributed by atoms with Gasteiger partial charge in [-0.1, -0.05) is 0 Å². The van der Waals surface area contributed by atoms with Crippen LogP contribution in [0.15, 0.2) is 19.9 Å². The molecule has 0 aromatic carbocycles. The molecule has 0 bridgehead atoms. The highest BCUT2D eigenvalue weighted by Gasteiger charge is 2.09. The summed E-state index contributed by atoms with van der Waals surface area (Å²) in [5, 5.41) is 15.4. The number of nitrogens with zero attached hydrogens (tertiary/aromatic N) is 6. The molecular formula is C7H6Br2N6O. The van der Waals surface area contributed by atoms with Crippen LogP contribution in [0.1, 0.15) is 5.82 Å². The van der Waals surface area contributed by atoms with Crippen LogP contribution in [-0.4, -0.2) is 30.0 Å². The third-order valence-electron chi connectivity index (χ3n) is 1.78. The minimum Gasteiger partial charge on any atom is -0.266 e. The molecule has 0 aliphatic heterocycles. The molecule has 0 amide bonds. The monoisotopic (exact) mass is 348 g/mol. The summed E-state index contributed by atoms with van der Waals surface area (Å²) in [4.78, 5) is 13.1. The maximum absolute atomic E-state index is 11.7. The van der Waals surface area contributed by atoms with E-state index < -0.39 is 0 Å². The maximum Gasteiger partial charge on any atom is 0.282 e. The average molecular weight is 350 g/mol. The number of tetrazole rings is 1. The van der Waals surface area contributed by atoms with Gasteiger partial charge in [0.25, 0.3) is 5.56 Å². The van der Waals surface area contributed by atoms with Gasteiger partial charge in [0, 0.05) is 0 Å². The second-order valence-corrected chi connectivity index (χ2v) is 4.61. The normalized spacial score (nSPS) is 10.7. The van der Waals surface area contributed by atoms with Gasteiger partial charge in [0.05, 0.1) is 17.7 Å². The van der Waals surface area contributed by atoms with Crippen LogP contribution in [0.3, 0.4) is 0 Å². The van der Waals surface area contributed by atoms with E-state index in [0.29, 0.717) is 14.8 Å². The molecular weight excluding hydrogens is 344 g/mol. The maximum atomic E-state index is 11.7. The van der Waals surface area contributed by atoms with E-state index >= 15 is 0 Å². The van der Waals surface area contributed by atoms with Crippen molar-refractivity contribution in [2.45, 2.75) is 6.54 Å². The molecule has 9 heteroatoms. The van der Waals surface area contributed by atoms with Gasteiger partial charge in [-0.15, -0.1) is 10.2 Å². The molecule has 0 unspecified atom stereocenters. The lowest BCUT2D eigenvalue weighted by molar-refractivity contribution is 0.597. The number of hydrogen-bond donors (Lipinski definition) is 0. The largest absolute Gasteiger partial charge is 0.282 e. The molecule has 2 aromatic heterocycles. The molecule has 2 rings (SSSR count). The molecule has 16 heavy (non-hydrogen) atoms. The van der Waals surface area contributed by atoms with Crippen molar-refractivity contribution >= 4 is 31.9 Å². The van der Waals surface area contributed by atoms with Gasteiger partial charge in [-0.25, -0.2) is 4.68 Å². The van der Waals surface area contributed by atoms with E-state index in [1.807, 2.05) is 0 Å². The van der Waals surface area contributed by atoms with E-state index in [4.69, 9.17) is 0 Å². The van der Waals surface area contributed by atoms with Crippen LogP contribution in [0.5, 0.6) is 0 Å². The summed E-state index contributed by atoms with van der Waals surface area (Å²) < 4.78 is 2.29. The van der Waals surface area contributed by atoms with Crippen molar-refractivity contribution in [3.63, 3.8) is 0 Å². The zero-order valence-corrected chi connectivity index (χ0v) is 11.3. The van der Waals surface area contributed by atoms with Gasteiger partial charge in [0.15, 0.2) is 5.82 Å². The van der Waals surface area contributed by atoms with E-state index in [2.05, 4.69) is 52.4 Å². The molecule has 0 atom stereocenters. The lowest BCUT2D eigenvalue weighted by Gasteiger charge is -2.01. The fourth-order valence-corrected chi connectivity index (χ4v) is 1.65. The second-order valence-electron chi connectivity index (χ2n) is 2.96. The molecule has 0 fully saturated rings. The molecule has 0 aliphatic carbocycles. The highest BCUT2D eigenvalue weighted by Crippen LogP contribution is 2.16. The molecule has 0 N–H and O–H groups in total. The van der Waals surface area contributed by atoms with Gasteiger partial charge in [-0.05, 0) is 37.1 Å². The molecule has 2 aromatic rings. The number of aryl methyl sites for hydroxylation is 1. The third-order valence-corrected chi connectivity index (χ3v) is 3.68. The fraction of sp³-hybridized carbons (Fsp3) is 0.286. The van der Waals surface area contributed by atoms with Crippen molar-refractivity contribution in [3.8, 4) is 0 Å². The molecule has 0 radical (unpaired) electrons. The van der Waals surface area contributed by atoms with Crippen LogP contribution in [0.4, 0.5) is 0 Å². The van der Waals surface area contributed by atoms with Gasteiger partial charge >= 0.3 is 0 Å². The first kappa shape index (κ1) is 11.4. The Morgan fingerprint density at radius 2 is 2.19 bits per heavy atom. The van der Waals surface area contributed by atoms with Crippen molar-refractivity contribution in [1.82, 2.24) is 30.0 Å². The molecule has 0 spiro atoms. The van der Waals surface area contributed by atoms with Crippen LogP contribution < -0.4 is 5.56 Å². The zero-order valence-electron chi connectivity index (χ0n) is 8.13. The molecule has 0 saturated heterocycles. The van der Waals surface area contributed by atoms with Crippen molar-refractivity contribution in [2.75, 3.05) is 0 Å².